The number of halogens is 1. The zero-order chi connectivity index (χ0) is 17.2. The lowest BCUT2D eigenvalue weighted by Crippen LogP contribution is -2.40. The van der Waals surface area contributed by atoms with E-state index < -0.39 is 0 Å². The first-order chi connectivity index (χ1) is 11.7. The molecule has 1 aromatic rings. The Morgan fingerprint density at radius 3 is 2.68 bits per heavy atom. The summed E-state index contributed by atoms with van der Waals surface area (Å²) in [6.45, 7) is 7.43. The van der Waals surface area contributed by atoms with Gasteiger partial charge in [0.1, 0.15) is 0 Å². The minimum absolute atomic E-state index is 0. The van der Waals surface area contributed by atoms with Gasteiger partial charge in [0.15, 0.2) is 5.96 Å². The minimum atomic E-state index is 0. The fourth-order valence-corrected chi connectivity index (χ4v) is 3.33. The van der Waals surface area contributed by atoms with E-state index in [1.807, 2.05) is 0 Å². The van der Waals surface area contributed by atoms with Crippen molar-refractivity contribution in [2.24, 2.45) is 10.9 Å². The van der Waals surface area contributed by atoms with Crippen molar-refractivity contribution in [3.8, 4) is 0 Å². The number of guanidine groups is 1. The Balaban J connectivity index is 0.00000312. The number of thiophene rings is 1. The zero-order valence-corrected chi connectivity index (χ0v) is 18.4. The van der Waals surface area contributed by atoms with Gasteiger partial charge in [-0.1, -0.05) is 19.4 Å². The van der Waals surface area contributed by atoms with Gasteiger partial charge in [0.2, 0.25) is 5.91 Å². The molecule has 0 saturated heterocycles. The molecular weight excluding hydrogens is 447 g/mol. The maximum atomic E-state index is 11.7. The fourth-order valence-electron chi connectivity index (χ4n) is 2.55. The van der Waals surface area contributed by atoms with Gasteiger partial charge in [-0.05, 0) is 37.6 Å². The van der Waals surface area contributed by atoms with E-state index in [2.05, 4.69) is 52.3 Å². The first-order valence-corrected chi connectivity index (χ1v) is 9.92. The van der Waals surface area contributed by atoms with Gasteiger partial charge in [-0.25, -0.2) is 0 Å². The van der Waals surface area contributed by atoms with Crippen LogP contribution in [0.3, 0.4) is 0 Å². The second-order valence-electron chi connectivity index (χ2n) is 6.34. The van der Waals surface area contributed by atoms with Gasteiger partial charge in [0, 0.05) is 36.3 Å². The summed E-state index contributed by atoms with van der Waals surface area (Å²) in [6.07, 6.45) is 4.23. The SMILES string of the molecule is CCNC(=NCC(C)c1cccs1)NCCCNC(=O)C1CCC1.I. The number of hydrogen-bond acceptors (Lipinski definition) is 3. The number of hydrogen-bond donors (Lipinski definition) is 3. The molecular formula is C18H31IN4OS. The Labute approximate surface area is 172 Å². The van der Waals surface area contributed by atoms with Crippen LogP contribution in [0.2, 0.25) is 0 Å². The van der Waals surface area contributed by atoms with Gasteiger partial charge in [-0.15, -0.1) is 35.3 Å². The summed E-state index contributed by atoms with van der Waals surface area (Å²) in [7, 11) is 0. The van der Waals surface area contributed by atoms with Crippen molar-refractivity contribution in [3.63, 3.8) is 0 Å². The highest BCUT2D eigenvalue weighted by molar-refractivity contribution is 14.0. The molecule has 0 aromatic carbocycles. The van der Waals surface area contributed by atoms with Gasteiger partial charge in [-0.3, -0.25) is 9.79 Å². The number of carbonyl (C=O) groups is 1. The van der Waals surface area contributed by atoms with Crippen LogP contribution in [0.15, 0.2) is 22.5 Å². The highest BCUT2D eigenvalue weighted by atomic mass is 127. The Hall–Kier alpha value is -0.830. The smallest absolute Gasteiger partial charge is 0.223 e. The molecule has 1 saturated carbocycles. The fraction of sp³-hybridized carbons (Fsp3) is 0.667. The van der Waals surface area contributed by atoms with Crippen molar-refractivity contribution in [2.45, 2.75) is 45.4 Å². The third-order valence-corrected chi connectivity index (χ3v) is 5.42. The molecule has 1 unspecified atom stereocenters. The van der Waals surface area contributed by atoms with Gasteiger partial charge >= 0.3 is 0 Å². The predicted molar refractivity (Wildman–Crippen MR) is 117 cm³/mol. The number of nitrogens with one attached hydrogen (secondary N) is 3. The van der Waals surface area contributed by atoms with E-state index in [4.69, 9.17) is 0 Å². The maximum absolute atomic E-state index is 11.7. The quantitative estimate of drug-likeness (QED) is 0.221. The lowest BCUT2D eigenvalue weighted by Gasteiger charge is -2.24. The van der Waals surface area contributed by atoms with Gasteiger partial charge in [0.05, 0.1) is 6.54 Å². The number of amides is 1. The molecule has 2 rings (SSSR count). The van der Waals surface area contributed by atoms with Crippen molar-refractivity contribution in [3.05, 3.63) is 22.4 Å². The van der Waals surface area contributed by atoms with E-state index in [1.165, 1.54) is 11.3 Å². The van der Waals surface area contributed by atoms with E-state index in [0.29, 0.717) is 5.92 Å². The molecule has 1 aromatic heterocycles. The standard InChI is InChI=1S/C18H30N4OS.HI/c1-3-19-18(22-13-14(2)16-9-5-12-24-16)21-11-6-10-20-17(23)15-7-4-8-15;/h5,9,12,14-15H,3-4,6-8,10-11,13H2,1-2H3,(H,20,23)(H2,19,21,22);1H. The summed E-state index contributed by atoms with van der Waals surface area (Å²) < 4.78 is 0. The van der Waals surface area contributed by atoms with Crippen molar-refractivity contribution in [1.29, 1.82) is 0 Å². The first kappa shape index (κ1) is 22.2. The largest absolute Gasteiger partial charge is 0.357 e. The van der Waals surface area contributed by atoms with Gasteiger partial charge < -0.3 is 16.0 Å². The Kier molecular flexibility index (Phi) is 11.1. The lowest BCUT2D eigenvalue weighted by molar-refractivity contribution is -0.127. The van der Waals surface area contributed by atoms with E-state index in [0.717, 1.165) is 51.4 Å². The van der Waals surface area contributed by atoms with E-state index in [9.17, 15) is 4.79 Å². The summed E-state index contributed by atoms with van der Waals surface area (Å²) in [5, 5.41) is 11.7. The predicted octanol–water partition coefficient (Wildman–Crippen LogP) is 3.33. The molecule has 3 N–H and O–H groups in total. The third kappa shape index (κ3) is 7.94. The number of nitrogens with zero attached hydrogens (tertiary/aromatic N) is 1. The molecule has 1 amide bonds. The van der Waals surface area contributed by atoms with Crippen LogP contribution in [0, 0.1) is 5.92 Å². The summed E-state index contributed by atoms with van der Waals surface area (Å²) in [5.41, 5.74) is 0. The van der Waals surface area contributed by atoms with Crippen LogP contribution in [0.1, 0.15) is 50.3 Å². The molecule has 0 aliphatic heterocycles. The summed E-state index contributed by atoms with van der Waals surface area (Å²) in [5.74, 6) is 1.79. The second kappa shape index (κ2) is 12.5. The minimum Gasteiger partial charge on any atom is -0.357 e. The molecule has 7 heteroatoms. The van der Waals surface area contributed by atoms with Crippen LogP contribution < -0.4 is 16.0 Å². The highest BCUT2D eigenvalue weighted by Gasteiger charge is 2.24. The van der Waals surface area contributed by atoms with Crippen LogP contribution in [0.4, 0.5) is 0 Å². The third-order valence-electron chi connectivity index (χ3n) is 4.32. The van der Waals surface area contributed by atoms with E-state index in [1.54, 1.807) is 11.3 Å². The monoisotopic (exact) mass is 478 g/mol. The Morgan fingerprint density at radius 1 is 1.32 bits per heavy atom. The molecule has 1 aliphatic rings. The second-order valence-corrected chi connectivity index (χ2v) is 7.31. The van der Waals surface area contributed by atoms with Crippen LogP contribution in [0.25, 0.3) is 0 Å². The number of aliphatic imine (C=N–C) groups is 1. The molecule has 142 valence electrons. The molecule has 5 nitrogen and oxygen atoms in total. The lowest BCUT2D eigenvalue weighted by atomic mass is 9.85. The van der Waals surface area contributed by atoms with Crippen molar-refractivity contribution in [1.82, 2.24) is 16.0 Å². The molecule has 1 aliphatic carbocycles. The average Bonchev–Trinajstić information content (AvgIpc) is 3.04. The highest BCUT2D eigenvalue weighted by Crippen LogP contribution is 2.26. The number of carbonyl (C=O) groups excluding carboxylic acids is 1. The molecule has 1 atom stereocenters. The maximum Gasteiger partial charge on any atom is 0.223 e. The summed E-state index contributed by atoms with van der Waals surface area (Å²) in [4.78, 5) is 17.8. The van der Waals surface area contributed by atoms with Crippen LogP contribution in [-0.2, 0) is 4.79 Å². The van der Waals surface area contributed by atoms with Crippen LogP contribution >= 0.6 is 35.3 Å². The van der Waals surface area contributed by atoms with Crippen LogP contribution in [0.5, 0.6) is 0 Å². The summed E-state index contributed by atoms with van der Waals surface area (Å²) >= 11 is 1.78. The van der Waals surface area contributed by atoms with Crippen molar-refractivity contribution >= 4 is 47.2 Å². The van der Waals surface area contributed by atoms with Crippen molar-refractivity contribution in [2.75, 3.05) is 26.2 Å². The summed E-state index contributed by atoms with van der Waals surface area (Å²) in [6, 6.07) is 4.25. The molecule has 1 fully saturated rings. The van der Waals surface area contributed by atoms with E-state index in [-0.39, 0.29) is 35.8 Å². The Morgan fingerprint density at radius 2 is 2.08 bits per heavy atom. The number of rotatable bonds is 9. The molecule has 0 spiro atoms. The zero-order valence-electron chi connectivity index (χ0n) is 15.2. The molecule has 0 bridgehead atoms. The van der Waals surface area contributed by atoms with Crippen molar-refractivity contribution < 1.29 is 4.79 Å². The van der Waals surface area contributed by atoms with Crippen LogP contribution in [-0.4, -0.2) is 38.0 Å². The Bertz CT molecular complexity index is 517. The van der Waals surface area contributed by atoms with Gasteiger partial charge in [-0.2, -0.15) is 0 Å². The van der Waals surface area contributed by atoms with E-state index >= 15 is 0 Å². The first-order valence-electron chi connectivity index (χ1n) is 9.04. The molecule has 0 radical (unpaired) electrons. The normalized spacial score (nSPS) is 15.7. The topological polar surface area (TPSA) is 65.5 Å². The molecule has 25 heavy (non-hydrogen) atoms. The average molecular weight is 478 g/mol. The van der Waals surface area contributed by atoms with Gasteiger partial charge in [0.25, 0.3) is 0 Å². The molecule has 1 heterocycles.